The molecule has 1 aliphatic rings. The lowest BCUT2D eigenvalue weighted by Gasteiger charge is -2.29. The van der Waals surface area contributed by atoms with Crippen LogP contribution in [-0.4, -0.2) is 33.4 Å². The van der Waals surface area contributed by atoms with E-state index in [-0.39, 0.29) is 11.7 Å². The lowest BCUT2D eigenvalue weighted by molar-refractivity contribution is -0.148. The molecule has 0 unspecified atom stereocenters. The lowest BCUT2D eigenvalue weighted by Crippen LogP contribution is -2.54. The molecule has 1 aromatic rings. The molecule has 0 aliphatic heterocycles. The molecule has 1 amide bonds. The highest BCUT2D eigenvalue weighted by Gasteiger charge is 2.39. The van der Waals surface area contributed by atoms with Crippen LogP contribution in [0.25, 0.3) is 0 Å². The third kappa shape index (κ3) is 4.50. The number of carboxylic acids is 1. The molecule has 0 spiro atoms. The summed E-state index contributed by atoms with van der Waals surface area (Å²) in [5.41, 5.74) is 0.753. The molecule has 2 rings (SSSR count). The predicted molar refractivity (Wildman–Crippen MR) is 88.4 cm³/mol. The summed E-state index contributed by atoms with van der Waals surface area (Å²) in [7, 11) is 0. The van der Waals surface area contributed by atoms with Crippen molar-refractivity contribution in [2.24, 2.45) is 0 Å². The Hall–Kier alpha value is -1.50. The molecule has 1 saturated carbocycles. The van der Waals surface area contributed by atoms with Crippen molar-refractivity contribution in [2.45, 2.75) is 63.7 Å². The third-order valence-corrected chi connectivity index (χ3v) is 5.37. The van der Waals surface area contributed by atoms with E-state index >= 15 is 0 Å². The second-order valence-corrected chi connectivity index (χ2v) is 7.13. The Morgan fingerprint density at radius 2 is 1.91 bits per heavy atom. The Bertz CT molecular complexity index is 543. The Kier molecular flexibility index (Phi) is 6.10. The monoisotopic (exact) mass is 340 g/mol. The van der Waals surface area contributed by atoms with Crippen LogP contribution in [0.1, 0.15) is 55.5 Å². The second-order valence-electron chi connectivity index (χ2n) is 6.15. The molecular weight excluding hydrogens is 316 g/mol. The molecule has 0 bridgehead atoms. The fraction of sp³-hybridized carbons (Fsp3) is 0.688. The Labute approximate surface area is 140 Å². The SMILES string of the molecule is Cc1noc(C)c1CSCC(=O)NC1(C(=O)O)CCCCCC1. The van der Waals surface area contributed by atoms with Crippen LogP contribution in [0.4, 0.5) is 0 Å². The van der Waals surface area contributed by atoms with E-state index in [1.165, 1.54) is 11.8 Å². The van der Waals surface area contributed by atoms with Gasteiger partial charge in [0.25, 0.3) is 0 Å². The minimum absolute atomic E-state index is 0.217. The Morgan fingerprint density at radius 1 is 1.26 bits per heavy atom. The van der Waals surface area contributed by atoms with Crippen LogP contribution in [0.5, 0.6) is 0 Å². The van der Waals surface area contributed by atoms with Crippen LogP contribution in [0, 0.1) is 13.8 Å². The highest BCUT2D eigenvalue weighted by molar-refractivity contribution is 7.99. The number of amides is 1. The van der Waals surface area contributed by atoms with Gasteiger partial charge in [-0.1, -0.05) is 30.8 Å². The van der Waals surface area contributed by atoms with Gasteiger partial charge in [0.15, 0.2) is 0 Å². The number of carboxylic acid groups (broad SMARTS) is 1. The number of hydrogen-bond acceptors (Lipinski definition) is 5. The summed E-state index contributed by atoms with van der Waals surface area (Å²) in [6.07, 6.45) is 4.79. The van der Waals surface area contributed by atoms with Crippen molar-refractivity contribution in [3.63, 3.8) is 0 Å². The molecule has 0 atom stereocenters. The standard InChI is InChI=1S/C16H24N2O4S/c1-11-13(12(2)22-18-11)9-23-10-14(19)17-16(15(20)21)7-5-3-4-6-8-16/h3-10H2,1-2H3,(H,17,19)(H,20,21). The summed E-state index contributed by atoms with van der Waals surface area (Å²) < 4.78 is 5.09. The first-order valence-corrected chi connectivity index (χ1v) is 9.14. The van der Waals surface area contributed by atoms with E-state index in [0.29, 0.717) is 18.6 Å². The zero-order chi connectivity index (χ0) is 16.9. The molecule has 128 valence electrons. The number of rotatable bonds is 6. The summed E-state index contributed by atoms with van der Waals surface area (Å²) in [4.78, 5) is 23.9. The molecular formula is C16H24N2O4S. The number of aromatic nitrogens is 1. The van der Waals surface area contributed by atoms with Gasteiger partial charge >= 0.3 is 5.97 Å². The van der Waals surface area contributed by atoms with E-state index in [2.05, 4.69) is 10.5 Å². The van der Waals surface area contributed by atoms with E-state index in [9.17, 15) is 14.7 Å². The minimum atomic E-state index is -1.09. The second kappa shape index (κ2) is 7.86. The smallest absolute Gasteiger partial charge is 0.329 e. The maximum Gasteiger partial charge on any atom is 0.329 e. The lowest BCUT2D eigenvalue weighted by atomic mass is 9.90. The molecule has 23 heavy (non-hydrogen) atoms. The van der Waals surface area contributed by atoms with Crippen LogP contribution in [0.3, 0.4) is 0 Å². The molecule has 1 aliphatic carbocycles. The molecule has 0 radical (unpaired) electrons. The quantitative estimate of drug-likeness (QED) is 0.774. The number of carbonyl (C=O) groups is 2. The number of carbonyl (C=O) groups excluding carboxylic acids is 1. The molecule has 0 aromatic carbocycles. The normalized spacial score (nSPS) is 17.5. The fourth-order valence-electron chi connectivity index (χ4n) is 2.98. The number of thioether (sulfide) groups is 1. The largest absolute Gasteiger partial charge is 0.480 e. The minimum Gasteiger partial charge on any atom is -0.480 e. The first-order valence-electron chi connectivity index (χ1n) is 7.98. The van der Waals surface area contributed by atoms with Crippen molar-refractivity contribution in [2.75, 3.05) is 5.75 Å². The summed E-state index contributed by atoms with van der Waals surface area (Å²) in [5.74, 6) is 0.504. The number of aryl methyl sites for hydroxylation is 2. The number of nitrogens with one attached hydrogen (secondary N) is 1. The number of aliphatic carboxylic acids is 1. The van der Waals surface area contributed by atoms with E-state index < -0.39 is 11.5 Å². The average Bonchev–Trinajstić information content (AvgIpc) is 2.70. The Morgan fingerprint density at radius 3 is 2.43 bits per heavy atom. The molecule has 6 nitrogen and oxygen atoms in total. The van der Waals surface area contributed by atoms with Gasteiger partial charge in [-0.25, -0.2) is 4.79 Å². The van der Waals surface area contributed by atoms with Crippen molar-refractivity contribution in [1.29, 1.82) is 0 Å². The van der Waals surface area contributed by atoms with Crippen molar-refractivity contribution in [1.82, 2.24) is 10.5 Å². The van der Waals surface area contributed by atoms with Crippen molar-refractivity contribution < 1.29 is 19.2 Å². The van der Waals surface area contributed by atoms with Gasteiger partial charge in [0.05, 0.1) is 11.4 Å². The first kappa shape index (κ1) is 17.8. The molecule has 7 heteroatoms. The van der Waals surface area contributed by atoms with E-state index in [1.807, 2.05) is 13.8 Å². The van der Waals surface area contributed by atoms with E-state index in [0.717, 1.165) is 42.7 Å². The van der Waals surface area contributed by atoms with Crippen molar-refractivity contribution in [3.05, 3.63) is 17.0 Å². The van der Waals surface area contributed by atoms with Crippen LogP contribution < -0.4 is 5.32 Å². The van der Waals surface area contributed by atoms with Crippen LogP contribution in [0.15, 0.2) is 4.52 Å². The van der Waals surface area contributed by atoms with E-state index in [1.54, 1.807) is 0 Å². The molecule has 1 heterocycles. The summed E-state index contributed by atoms with van der Waals surface area (Å²) in [5, 5.41) is 16.2. The zero-order valence-corrected chi connectivity index (χ0v) is 14.5. The van der Waals surface area contributed by atoms with Gasteiger partial charge < -0.3 is 14.9 Å². The van der Waals surface area contributed by atoms with Gasteiger partial charge in [-0.05, 0) is 26.7 Å². The first-order chi connectivity index (χ1) is 10.9. The average molecular weight is 340 g/mol. The number of hydrogen-bond donors (Lipinski definition) is 2. The van der Waals surface area contributed by atoms with Gasteiger partial charge in [-0.2, -0.15) is 0 Å². The molecule has 2 N–H and O–H groups in total. The van der Waals surface area contributed by atoms with Crippen molar-refractivity contribution in [3.8, 4) is 0 Å². The fourth-order valence-corrected chi connectivity index (χ4v) is 3.96. The highest BCUT2D eigenvalue weighted by Crippen LogP contribution is 2.28. The predicted octanol–water partition coefficient (Wildman–Crippen LogP) is 2.82. The summed E-state index contributed by atoms with van der Waals surface area (Å²) in [6.45, 7) is 3.72. The van der Waals surface area contributed by atoms with Crippen LogP contribution in [0.2, 0.25) is 0 Å². The van der Waals surface area contributed by atoms with Gasteiger partial charge in [-0.3, -0.25) is 4.79 Å². The van der Waals surface area contributed by atoms with Gasteiger partial charge in [0, 0.05) is 11.3 Å². The van der Waals surface area contributed by atoms with Crippen LogP contribution >= 0.6 is 11.8 Å². The van der Waals surface area contributed by atoms with Crippen LogP contribution in [-0.2, 0) is 15.3 Å². The highest BCUT2D eigenvalue weighted by atomic mass is 32.2. The summed E-state index contributed by atoms with van der Waals surface area (Å²) >= 11 is 1.45. The van der Waals surface area contributed by atoms with Crippen molar-refractivity contribution >= 4 is 23.6 Å². The maximum absolute atomic E-state index is 12.2. The zero-order valence-electron chi connectivity index (χ0n) is 13.7. The Balaban J connectivity index is 1.88. The third-order valence-electron chi connectivity index (χ3n) is 4.41. The maximum atomic E-state index is 12.2. The topological polar surface area (TPSA) is 92.4 Å². The van der Waals surface area contributed by atoms with Gasteiger partial charge in [0.1, 0.15) is 11.3 Å². The van der Waals surface area contributed by atoms with Gasteiger partial charge in [0.2, 0.25) is 5.91 Å². The molecule has 1 aromatic heterocycles. The summed E-state index contributed by atoms with van der Waals surface area (Å²) in [6, 6.07) is 0. The van der Waals surface area contributed by atoms with Gasteiger partial charge in [-0.15, -0.1) is 11.8 Å². The molecule has 1 fully saturated rings. The number of nitrogens with zero attached hydrogens (tertiary/aromatic N) is 1. The van der Waals surface area contributed by atoms with E-state index in [4.69, 9.17) is 4.52 Å². The molecule has 0 saturated heterocycles.